The topological polar surface area (TPSA) is 37.8 Å². The summed E-state index contributed by atoms with van der Waals surface area (Å²) < 4.78 is 0. The van der Waals surface area contributed by atoms with E-state index in [0.717, 1.165) is 18.8 Å². The molecule has 78 valence electrons. The summed E-state index contributed by atoms with van der Waals surface area (Å²) in [7, 11) is 0. The summed E-state index contributed by atoms with van der Waals surface area (Å²) >= 11 is 1.67. The molecule has 3 nitrogen and oxygen atoms in total. The Kier molecular flexibility index (Phi) is 3.42. The number of nitrogens with zero attached hydrogens (tertiary/aromatic N) is 2. The van der Waals surface area contributed by atoms with Gasteiger partial charge in [0, 0.05) is 30.4 Å². The molecule has 0 atom stereocenters. The van der Waals surface area contributed by atoms with Crippen molar-refractivity contribution in [3.8, 4) is 0 Å². The Morgan fingerprint density at radius 3 is 3.07 bits per heavy atom. The summed E-state index contributed by atoms with van der Waals surface area (Å²) in [5.41, 5.74) is 4.19. The Hall–Kier alpha value is -1.26. The molecule has 4 heteroatoms. The zero-order chi connectivity index (χ0) is 10.5. The minimum absolute atomic E-state index is 0.810. The smallest absolute Gasteiger partial charge is 0.0794 e. The Bertz CT molecular complexity index is 412. The summed E-state index contributed by atoms with van der Waals surface area (Å²) in [5.74, 6) is 0. The fraction of sp³-hybridized carbons (Fsp3) is 0.273. The van der Waals surface area contributed by atoms with Gasteiger partial charge in [-0.15, -0.1) is 11.3 Å². The quantitative estimate of drug-likeness (QED) is 0.856. The van der Waals surface area contributed by atoms with Crippen molar-refractivity contribution in [2.24, 2.45) is 0 Å². The van der Waals surface area contributed by atoms with Crippen LogP contribution in [0.3, 0.4) is 0 Å². The number of aromatic nitrogens is 2. The molecule has 0 spiro atoms. The molecule has 2 aromatic heterocycles. The van der Waals surface area contributed by atoms with Gasteiger partial charge in [0.2, 0.25) is 0 Å². The highest BCUT2D eigenvalue weighted by Gasteiger charge is 1.98. The van der Waals surface area contributed by atoms with E-state index in [-0.39, 0.29) is 0 Å². The molecule has 0 bridgehead atoms. The Morgan fingerprint density at radius 2 is 2.33 bits per heavy atom. The first-order chi connectivity index (χ1) is 7.36. The number of aryl methyl sites for hydroxylation is 1. The van der Waals surface area contributed by atoms with Crippen LogP contribution in [0.25, 0.3) is 0 Å². The molecule has 0 saturated heterocycles. The van der Waals surface area contributed by atoms with E-state index in [1.165, 1.54) is 10.4 Å². The van der Waals surface area contributed by atoms with E-state index in [0.29, 0.717) is 0 Å². The zero-order valence-electron chi connectivity index (χ0n) is 8.60. The number of rotatable bonds is 4. The van der Waals surface area contributed by atoms with E-state index < -0.39 is 0 Å². The molecule has 0 aliphatic rings. The maximum absolute atomic E-state index is 4.32. The molecule has 2 rings (SSSR count). The maximum Gasteiger partial charge on any atom is 0.0794 e. The molecular formula is C11H13N3S. The Morgan fingerprint density at radius 1 is 1.40 bits per heavy atom. The molecule has 0 unspecified atom stereocenters. The van der Waals surface area contributed by atoms with Gasteiger partial charge in [-0.25, -0.2) is 0 Å². The molecule has 2 heterocycles. The van der Waals surface area contributed by atoms with Crippen molar-refractivity contribution in [1.82, 2.24) is 15.3 Å². The van der Waals surface area contributed by atoms with E-state index >= 15 is 0 Å². The molecule has 0 aliphatic heterocycles. The van der Waals surface area contributed by atoms with Crippen molar-refractivity contribution < 1.29 is 0 Å². The number of hydrogen-bond acceptors (Lipinski definition) is 4. The average Bonchev–Trinajstić information content (AvgIpc) is 2.74. The minimum Gasteiger partial charge on any atom is -0.306 e. The molecule has 15 heavy (non-hydrogen) atoms. The van der Waals surface area contributed by atoms with Gasteiger partial charge in [0.15, 0.2) is 0 Å². The number of hydrogen-bond donors (Lipinski definition) is 1. The first kappa shape index (κ1) is 10.3. The normalized spacial score (nSPS) is 10.5. The zero-order valence-corrected chi connectivity index (χ0v) is 9.42. The minimum atomic E-state index is 0.810. The van der Waals surface area contributed by atoms with Crippen molar-refractivity contribution in [3.63, 3.8) is 0 Å². The summed E-state index contributed by atoms with van der Waals surface area (Å²) in [6.45, 7) is 3.75. The fourth-order valence-corrected chi connectivity index (χ4v) is 1.90. The van der Waals surface area contributed by atoms with Crippen LogP contribution in [0, 0.1) is 6.92 Å². The molecule has 0 aliphatic carbocycles. The largest absolute Gasteiger partial charge is 0.306 e. The second kappa shape index (κ2) is 5.00. The maximum atomic E-state index is 4.32. The standard InChI is InChI=1S/C11H13N3S/c1-9-3-2-4-14-11(9)7-12-5-10-6-13-8-15-10/h2-4,6,8,12H,5,7H2,1H3. The van der Waals surface area contributed by atoms with Gasteiger partial charge in [-0.1, -0.05) is 6.07 Å². The third-order valence-corrected chi connectivity index (χ3v) is 2.97. The van der Waals surface area contributed by atoms with Crippen LogP contribution in [0.5, 0.6) is 0 Å². The lowest BCUT2D eigenvalue weighted by atomic mass is 10.2. The van der Waals surface area contributed by atoms with Gasteiger partial charge in [0.05, 0.1) is 11.2 Å². The van der Waals surface area contributed by atoms with Gasteiger partial charge in [-0.3, -0.25) is 9.97 Å². The van der Waals surface area contributed by atoms with Crippen LogP contribution in [0.2, 0.25) is 0 Å². The van der Waals surface area contributed by atoms with E-state index in [9.17, 15) is 0 Å². The lowest BCUT2D eigenvalue weighted by Crippen LogP contribution is -2.13. The first-order valence-corrected chi connectivity index (χ1v) is 5.73. The number of pyridine rings is 1. The van der Waals surface area contributed by atoms with Gasteiger partial charge in [-0.2, -0.15) is 0 Å². The average molecular weight is 219 g/mol. The second-order valence-corrected chi connectivity index (χ2v) is 4.31. The van der Waals surface area contributed by atoms with Crippen LogP contribution in [0.4, 0.5) is 0 Å². The van der Waals surface area contributed by atoms with Crippen molar-refractivity contribution in [1.29, 1.82) is 0 Å². The van der Waals surface area contributed by atoms with E-state index in [4.69, 9.17) is 0 Å². The van der Waals surface area contributed by atoms with Gasteiger partial charge in [0.25, 0.3) is 0 Å². The van der Waals surface area contributed by atoms with Crippen LogP contribution in [0.15, 0.2) is 30.0 Å². The van der Waals surface area contributed by atoms with E-state index in [1.54, 1.807) is 11.3 Å². The highest BCUT2D eigenvalue weighted by Crippen LogP contribution is 2.06. The number of nitrogens with one attached hydrogen (secondary N) is 1. The van der Waals surface area contributed by atoms with Gasteiger partial charge < -0.3 is 5.32 Å². The molecule has 0 radical (unpaired) electrons. The van der Waals surface area contributed by atoms with E-state index in [2.05, 4.69) is 28.3 Å². The molecule has 0 fully saturated rings. The van der Waals surface area contributed by atoms with Crippen molar-refractivity contribution in [2.75, 3.05) is 0 Å². The Balaban J connectivity index is 1.86. The first-order valence-electron chi connectivity index (χ1n) is 4.85. The van der Waals surface area contributed by atoms with Crippen LogP contribution in [-0.2, 0) is 13.1 Å². The molecule has 1 N–H and O–H groups in total. The van der Waals surface area contributed by atoms with Crippen LogP contribution in [0.1, 0.15) is 16.1 Å². The highest BCUT2D eigenvalue weighted by atomic mass is 32.1. The second-order valence-electron chi connectivity index (χ2n) is 3.34. The lowest BCUT2D eigenvalue weighted by molar-refractivity contribution is 0.682. The fourth-order valence-electron chi connectivity index (χ4n) is 1.34. The molecule has 0 amide bonds. The van der Waals surface area contributed by atoms with Crippen LogP contribution in [-0.4, -0.2) is 9.97 Å². The predicted molar refractivity (Wildman–Crippen MR) is 61.6 cm³/mol. The SMILES string of the molecule is Cc1cccnc1CNCc1cncs1. The Labute approximate surface area is 93.2 Å². The molecule has 0 aromatic carbocycles. The molecular weight excluding hydrogens is 206 g/mol. The molecule has 0 saturated carbocycles. The predicted octanol–water partition coefficient (Wildman–Crippen LogP) is 2.14. The third kappa shape index (κ3) is 2.84. The monoisotopic (exact) mass is 219 g/mol. The van der Waals surface area contributed by atoms with Gasteiger partial charge in [-0.05, 0) is 18.6 Å². The molecule has 2 aromatic rings. The van der Waals surface area contributed by atoms with Crippen molar-refractivity contribution in [2.45, 2.75) is 20.0 Å². The summed E-state index contributed by atoms with van der Waals surface area (Å²) in [5, 5.41) is 3.35. The van der Waals surface area contributed by atoms with Gasteiger partial charge >= 0.3 is 0 Å². The number of thiazole rings is 1. The summed E-state index contributed by atoms with van der Waals surface area (Å²) in [6.07, 6.45) is 3.72. The van der Waals surface area contributed by atoms with Crippen LogP contribution < -0.4 is 5.32 Å². The highest BCUT2D eigenvalue weighted by molar-refractivity contribution is 7.09. The lowest BCUT2D eigenvalue weighted by Gasteiger charge is -2.04. The van der Waals surface area contributed by atoms with Crippen molar-refractivity contribution >= 4 is 11.3 Å². The van der Waals surface area contributed by atoms with E-state index in [1.807, 2.05) is 24.0 Å². The van der Waals surface area contributed by atoms with Crippen LogP contribution >= 0.6 is 11.3 Å². The summed E-state index contributed by atoms with van der Waals surface area (Å²) in [4.78, 5) is 9.60. The summed E-state index contributed by atoms with van der Waals surface area (Å²) in [6, 6.07) is 4.04. The third-order valence-electron chi connectivity index (χ3n) is 2.19. The van der Waals surface area contributed by atoms with Gasteiger partial charge in [0.1, 0.15) is 0 Å². The van der Waals surface area contributed by atoms with Crippen molar-refractivity contribution in [3.05, 3.63) is 46.2 Å².